The summed E-state index contributed by atoms with van der Waals surface area (Å²) in [5.74, 6) is 0. The third-order valence-corrected chi connectivity index (χ3v) is 13.1. The normalized spacial score (nSPS) is 12.0. The Kier molecular flexibility index (Phi) is 6.60. The van der Waals surface area contributed by atoms with Crippen LogP contribution in [0.4, 0.5) is 0 Å². The average Bonchev–Trinajstić information content (AvgIpc) is 3.66. The predicted molar refractivity (Wildman–Crippen MR) is 241 cm³/mol. The number of fused-ring (bicyclic) bond motifs is 13. The molecule has 1 aromatic heterocycles. The topological polar surface area (TPSA) is 0 Å². The number of benzene rings is 11. The Balaban J connectivity index is 1.10. The average molecular weight is 713 g/mol. The quantitative estimate of drug-likeness (QED) is 0.126. The summed E-state index contributed by atoms with van der Waals surface area (Å²) in [5, 5.41) is 18.2. The van der Waals surface area contributed by atoms with Crippen molar-refractivity contribution in [2.45, 2.75) is 0 Å². The minimum absolute atomic E-state index is 1.22. The third-order valence-electron chi connectivity index (χ3n) is 11.8. The monoisotopic (exact) mass is 712 g/mol. The van der Waals surface area contributed by atoms with Crippen molar-refractivity contribution in [3.05, 3.63) is 194 Å². The molecule has 12 aromatic rings. The lowest BCUT2D eigenvalue weighted by molar-refractivity contribution is 1.63. The Hall–Kier alpha value is -6.80. The van der Waals surface area contributed by atoms with Crippen LogP contribution in [0.3, 0.4) is 0 Å². The smallest absolute Gasteiger partial charge is 0.0440 e. The molecule has 0 fully saturated rings. The number of hydrogen-bond donors (Lipinski definition) is 0. The lowest BCUT2D eigenvalue weighted by atomic mass is 9.84. The summed E-state index contributed by atoms with van der Waals surface area (Å²) < 4.78 is 2.72. The summed E-state index contributed by atoms with van der Waals surface area (Å²) in [6.45, 7) is 0. The van der Waals surface area contributed by atoms with Gasteiger partial charge in [-0.25, -0.2) is 0 Å². The van der Waals surface area contributed by atoms with Gasteiger partial charge in [-0.05, 0) is 105 Å². The zero-order chi connectivity index (χ0) is 36.0. The lowest BCUT2D eigenvalue weighted by Gasteiger charge is -2.19. The maximum atomic E-state index is 2.45. The molecule has 0 aliphatic carbocycles. The Bertz CT molecular complexity index is 3490. The second kappa shape index (κ2) is 11.9. The van der Waals surface area contributed by atoms with Gasteiger partial charge in [-0.1, -0.05) is 182 Å². The van der Waals surface area contributed by atoms with E-state index in [9.17, 15) is 0 Å². The molecule has 1 heteroatoms. The summed E-state index contributed by atoms with van der Waals surface area (Å²) >= 11 is 1.94. The maximum Gasteiger partial charge on any atom is 0.0440 e. The zero-order valence-corrected chi connectivity index (χ0v) is 30.7. The van der Waals surface area contributed by atoms with E-state index >= 15 is 0 Å². The van der Waals surface area contributed by atoms with Crippen molar-refractivity contribution >= 4 is 96.1 Å². The first-order valence-corrected chi connectivity index (χ1v) is 19.8. The van der Waals surface area contributed by atoms with Gasteiger partial charge in [0, 0.05) is 25.6 Å². The van der Waals surface area contributed by atoms with Crippen molar-refractivity contribution in [2.24, 2.45) is 0 Å². The van der Waals surface area contributed by atoms with Gasteiger partial charge in [-0.2, -0.15) is 0 Å². The molecule has 0 nitrogen and oxygen atoms in total. The van der Waals surface area contributed by atoms with Crippen molar-refractivity contribution in [3.63, 3.8) is 0 Å². The summed E-state index contributed by atoms with van der Waals surface area (Å²) in [4.78, 5) is 0. The highest BCUT2D eigenvalue weighted by Crippen LogP contribution is 2.48. The Morgan fingerprint density at radius 1 is 0.255 bits per heavy atom. The second-order valence-electron chi connectivity index (χ2n) is 14.7. The van der Waals surface area contributed by atoms with E-state index in [-0.39, 0.29) is 0 Å². The first-order chi connectivity index (χ1) is 27.3. The molecule has 55 heavy (non-hydrogen) atoms. The molecular weight excluding hydrogens is 681 g/mol. The van der Waals surface area contributed by atoms with Crippen LogP contribution in [0, 0.1) is 0 Å². The fourth-order valence-electron chi connectivity index (χ4n) is 9.39. The van der Waals surface area contributed by atoms with Crippen molar-refractivity contribution in [1.82, 2.24) is 0 Å². The molecule has 0 saturated heterocycles. The van der Waals surface area contributed by atoms with Gasteiger partial charge in [0.25, 0.3) is 0 Å². The molecule has 0 aliphatic rings. The van der Waals surface area contributed by atoms with E-state index in [4.69, 9.17) is 0 Å². The minimum Gasteiger partial charge on any atom is -0.134 e. The van der Waals surface area contributed by atoms with Gasteiger partial charge >= 0.3 is 0 Å². The van der Waals surface area contributed by atoms with Gasteiger partial charge in [0.1, 0.15) is 0 Å². The Morgan fingerprint density at radius 3 is 1.51 bits per heavy atom. The highest BCUT2D eigenvalue weighted by atomic mass is 32.1. The number of thiophene rings is 1. The van der Waals surface area contributed by atoms with Crippen molar-refractivity contribution in [3.8, 4) is 33.4 Å². The van der Waals surface area contributed by atoms with E-state index in [2.05, 4.69) is 194 Å². The molecule has 1 heterocycles. The van der Waals surface area contributed by atoms with Crippen LogP contribution in [-0.4, -0.2) is 0 Å². The van der Waals surface area contributed by atoms with Crippen molar-refractivity contribution in [1.29, 1.82) is 0 Å². The van der Waals surface area contributed by atoms with Gasteiger partial charge in [0.15, 0.2) is 0 Å². The fraction of sp³-hybridized carbons (Fsp3) is 0. The van der Waals surface area contributed by atoms with Crippen LogP contribution in [0.1, 0.15) is 0 Å². The molecule has 0 atom stereocenters. The second-order valence-corrected chi connectivity index (χ2v) is 15.7. The van der Waals surface area contributed by atoms with E-state index in [0.717, 1.165) is 0 Å². The van der Waals surface area contributed by atoms with Gasteiger partial charge in [0.05, 0.1) is 0 Å². The standard InChI is InChI=1S/C54H32S/c1-3-18-38-33(13-1)15-12-26-42(38)51-46-24-9-7-22-44(46)50(45-23-8-10-25-47(45)51)37-17-11-16-35(31-37)36-28-29-41-40-20-5-6-21-43(40)52-48-30-27-34-14-2-4-19-39(34)53(48)55-54(52)49(41)32-36/h1-32H. The first-order valence-electron chi connectivity index (χ1n) is 19.0. The van der Waals surface area contributed by atoms with E-state index in [0.29, 0.717) is 0 Å². The molecule has 254 valence electrons. The maximum absolute atomic E-state index is 2.45. The molecule has 0 N–H and O–H groups in total. The molecule has 0 aliphatic heterocycles. The van der Waals surface area contributed by atoms with Gasteiger partial charge < -0.3 is 0 Å². The first kappa shape index (κ1) is 30.6. The van der Waals surface area contributed by atoms with Gasteiger partial charge in [0.2, 0.25) is 0 Å². The fourth-order valence-corrected chi connectivity index (χ4v) is 10.8. The van der Waals surface area contributed by atoms with Crippen molar-refractivity contribution in [2.75, 3.05) is 0 Å². The molecule has 12 rings (SSSR count). The molecule has 0 amide bonds. The molecule has 0 radical (unpaired) electrons. The van der Waals surface area contributed by atoms with Gasteiger partial charge in [-0.15, -0.1) is 11.3 Å². The summed E-state index contributed by atoms with van der Waals surface area (Å²) in [5.41, 5.74) is 7.53. The summed E-state index contributed by atoms with van der Waals surface area (Å²) in [6.07, 6.45) is 0. The van der Waals surface area contributed by atoms with E-state index in [1.807, 2.05) is 11.3 Å². The number of rotatable bonds is 3. The molecule has 0 saturated carbocycles. The van der Waals surface area contributed by atoms with Crippen LogP contribution in [0.25, 0.3) is 118 Å². The summed E-state index contributed by atoms with van der Waals surface area (Å²) in [6, 6.07) is 72.1. The third kappa shape index (κ3) is 4.51. The lowest BCUT2D eigenvalue weighted by Crippen LogP contribution is -1.92. The Labute approximate surface area is 322 Å². The van der Waals surface area contributed by atoms with Gasteiger partial charge in [-0.3, -0.25) is 0 Å². The van der Waals surface area contributed by atoms with Crippen LogP contribution in [0.2, 0.25) is 0 Å². The van der Waals surface area contributed by atoms with E-state index in [1.54, 1.807) is 0 Å². The highest BCUT2D eigenvalue weighted by Gasteiger charge is 2.19. The SMILES string of the molecule is c1cc(-c2ccc3c4ccccc4c4c5ccc6ccccc6c5sc4c3c2)cc(-c2c3ccccc3c(-c3cccc4ccccc34)c3ccccc23)c1. The summed E-state index contributed by atoms with van der Waals surface area (Å²) in [7, 11) is 0. The largest absolute Gasteiger partial charge is 0.134 e. The molecule has 11 aromatic carbocycles. The number of hydrogen-bond acceptors (Lipinski definition) is 1. The van der Waals surface area contributed by atoms with E-state index < -0.39 is 0 Å². The molecule has 0 spiro atoms. The molecule has 0 unspecified atom stereocenters. The zero-order valence-electron chi connectivity index (χ0n) is 29.9. The minimum atomic E-state index is 1.22. The van der Waals surface area contributed by atoms with Crippen LogP contribution in [0.15, 0.2) is 194 Å². The van der Waals surface area contributed by atoms with Crippen molar-refractivity contribution < 1.29 is 0 Å². The van der Waals surface area contributed by atoms with Crippen LogP contribution < -0.4 is 0 Å². The predicted octanol–water partition coefficient (Wildman–Crippen LogP) is 16.0. The van der Waals surface area contributed by atoms with Crippen LogP contribution >= 0.6 is 11.3 Å². The van der Waals surface area contributed by atoms with E-state index in [1.165, 1.54) is 118 Å². The highest BCUT2D eigenvalue weighted by molar-refractivity contribution is 7.27. The van der Waals surface area contributed by atoms with Crippen LogP contribution in [0.5, 0.6) is 0 Å². The van der Waals surface area contributed by atoms with Crippen LogP contribution in [-0.2, 0) is 0 Å². The molecule has 0 bridgehead atoms. The Morgan fingerprint density at radius 2 is 0.764 bits per heavy atom. The molecular formula is C54H32S.